The third-order valence-corrected chi connectivity index (χ3v) is 5.57. The summed E-state index contributed by atoms with van der Waals surface area (Å²) in [6.45, 7) is 14.5. The Hall–Kier alpha value is -2.55. The molecule has 2 heterocycles. The summed E-state index contributed by atoms with van der Waals surface area (Å²) in [4.78, 5) is 12.8. The van der Waals surface area contributed by atoms with E-state index in [4.69, 9.17) is 9.15 Å². The number of aryl methyl sites for hydroxylation is 1. The van der Waals surface area contributed by atoms with Crippen LogP contribution in [0.2, 0.25) is 0 Å². The van der Waals surface area contributed by atoms with Crippen LogP contribution in [0.4, 0.5) is 0 Å². The monoisotopic (exact) mass is 378 g/mol. The third-order valence-electron chi connectivity index (χ3n) is 5.57. The van der Waals surface area contributed by atoms with Crippen molar-refractivity contribution in [1.29, 1.82) is 0 Å². The van der Waals surface area contributed by atoms with E-state index in [0.29, 0.717) is 23.3 Å². The van der Waals surface area contributed by atoms with E-state index < -0.39 is 5.41 Å². The van der Waals surface area contributed by atoms with Crippen molar-refractivity contribution in [3.63, 3.8) is 0 Å². The lowest BCUT2D eigenvalue weighted by atomic mass is 9.75. The number of fused-ring (bicyclic) bond motifs is 3. The second-order valence-corrected chi connectivity index (χ2v) is 8.36. The summed E-state index contributed by atoms with van der Waals surface area (Å²) >= 11 is 0. The predicted molar refractivity (Wildman–Crippen MR) is 116 cm³/mol. The molecule has 3 nitrogen and oxygen atoms in total. The highest BCUT2D eigenvalue weighted by Gasteiger charge is 2.39. The lowest BCUT2D eigenvalue weighted by Crippen LogP contribution is -2.38. The Morgan fingerprint density at radius 2 is 2.07 bits per heavy atom. The Morgan fingerprint density at radius 1 is 1.32 bits per heavy atom. The molecule has 0 bridgehead atoms. The Kier molecular flexibility index (Phi) is 5.64. The minimum Gasteiger partial charge on any atom is -0.485 e. The molecule has 0 spiro atoms. The van der Waals surface area contributed by atoms with Crippen molar-refractivity contribution in [3.8, 4) is 5.75 Å². The van der Waals surface area contributed by atoms with E-state index in [1.165, 1.54) is 11.1 Å². The average molecular weight is 379 g/mol. The van der Waals surface area contributed by atoms with Crippen LogP contribution in [0.3, 0.4) is 0 Å². The Balaban J connectivity index is 2.07. The van der Waals surface area contributed by atoms with Gasteiger partial charge >= 0.3 is 5.63 Å². The SMILES string of the molecule is C=C[C@@]1(C)C[C@H](C=C(C)CCC=C(C)C)Oc2c1c(=O)oc1cccc(C)c21. The lowest BCUT2D eigenvalue weighted by molar-refractivity contribution is 0.181. The largest absolute Gasteiger partial charge is 0.485 e. The fourth-order valence-corrected chi connectivity index (χ4v) is 3.98. The smallest absolute Gasteiger partial charge is 0.344 e. The molecular formula is C25H30O3. The molecule has 1 aliphatic rings. The van der Waals surface area contributed by atoms with Crippen LogP contribution in [0.1, 0.15) is 58.1 Å². The van der Waals surface area contributed by atoms with Crippen LogP contribution in [0.15, 0.2) is 63.4 Å². The molecule has 0 radical (unpaired) electrons. The van der Waals surface area contributed by atoms with E-state index in [2.05, 4.69) is 39.5 Å². The second kappa shape index (κ2) is 7.83. The van der Waals surface area contributed by atoms with Crippen LogP contribution in [0, 0.1) is 6.92 Å². The number of ether oxygens (including phenoxy) is 1. The molecule has 3 heteroatoms. The topological polar surface area (TPSA) is 39.4 Å². The number of hydrogen-bond donors (Lipinski definition) is 0. The van der Waals surface area contributed by atoms with E-state index in [9.17, 15) is 4.79 Å². The highest BCUT2D eigenvalue weighted by Crippen LogP contribution is 2.44. The summed E-state index contributed by atoms with van der Waals surface area (Å²) in [7, 11) is 0. The van der Waals surface area contributed by atoms with Gasteiger partial charge in [0.2, 0.25) is 0 Å². The van der Waals surface area contributed by atoms with Crippen LogP contribution in [0.5, 0.6) is 5.75 Å². The molecule has 0 aliphatic carbocycles. The van der Waals surface area contributed by atoms with Crippen molar-refractivity contribution in [1.82, 2.24) is 0 Å². The highest BCUT2D eigenvalue weighted by molar-refractivity contribution is 5.88. The quantitative estimate of drug-likeness (QED) is 0.447. The summed E-state index contributed by atoms with van der Waals surface area (Å²) in [5, 5.41) is 0.880. The van der Waals surface area contributed by atoms with Gasteiger partial charge in [0.05, 0.1) is 10.9 Å². The first-order valence-electron chi connectivity index (χ1n) is 9.93. The van der Waals surface area contributed by atoms with Gasteiger partial charge < -0.3 is 9.15 Å². The lowest BCUT2D eigenvalue weighted by Gasteiger charge is -2.36. The summed E-state index contributed by atoms with van der Waals surface area (Å²) in [6.07, 6.45) is 8.90. The molecule has 0 saturated heterocycles. The van der Waals surface area contributed by atoms with Gasteiger partial charge in [0, 0.05) is 11.8 Å². The molecule has 2 aromatic rings. The normalized spacial score (nSPS) is 21.8. The fourth-order valence-electron chi connectivity index (χ4n) is 3.98. The molecule has 0 fully saturated rings. The molecule has 0 saturated carbocycles. The van der Waals surface area contributed by atoms with Gasteiger partial charge in [0.15, 0.2) is 0 Å². The van der Waals surface area contributed by atoms with Gasteiger partial charge in [-0.1, -0.05) is 42.4 Å². The molecule has 148 valence electrons. The molecule has 1 aromatic carbocycles. The van der Waals surface area contributed by atoms with Crippen molar-refractivity contribution in [3.05, 3.63) is 75.7 Å². The standard InChI is InChI=1S/C25H30O3/c1-7-25(6)15-19(14-17(4)11-8-10-16(2)3)27-23-21-18(5)12-9-13-20(21)28-24(26)22(23)25/h7,9-10,12-14,19H,1,8,11,15H2,2-6H3/t19-,25-/m0/s1. The molecule has 1 aromatic heterocycles. The Morgan fingerprint density at radius 3 is 2.75 bits per heavy atom. The van der Waals surface area contributed by atoms with E-state index in [1.54, 1.807) is 0 Å². The van der Waals surface area contributed by atoms with E-state index in [-0.39, 0.29) is 11.7 Å². The number of allylic oxidation sites excluding steroid dienone is 4. The maximum atomic E-state index is 12.8. The minimum atomic E-state index is -0.494. The molecule has 2 atom stereocenters. The summed E-state index contributed by atoms with van der Waals surface area (Å²) < 4.78 is 12.0. The van der Waals surface area contributed by atoms with Gasteiger partial charge in [-0.15, -0.1) is 6.58 Å². The fraction of sp³-hybridized carbons (Fsp3) is 0.400. The zero-order valence-corrected chi connectivity index (χ0v) is 17.6. The van der Waals surface area contributed by atoms with E-state index in [0.717, 1.165) is 23.8 Å². The molecule has 0 amide bonds. The van der Waals surface area contributed by atoms with Gasteiger partial charge in [-0.05, 0) is 58.2 Å². The highest BCUT2D eigenvalue weighted by atomic mass is 16.5. The number of hydrogen-bond acceptors (Lipinski definition) is 3. The zero-order valence-electron chi connectivity index (χ0n) is 17.6. The maximum Gasteiger partial charge on any atom is 0.344 e. The van der Waals surface area contributed by atoms with Gasteiger partial charge in [0.25, 0.3) is 0 Å². The van der Waals surface area contributed by atoms with Crippen molar-refractivity contribution in [2.75, 3.05) is 0 Å². The van der Waals surface area contributed by atoms with Crippen LogP contribution in [-0.2, 0) is 5.41 Å². The first kappa shape index (κ1) is 20.2. The van der Waals surface area contributed by atoms with Gasteiger partial charge in [-0.25, -0.2) is 4.79 Å². The van der Waals surface area contributed by atoms with Gasteiger partial charge in [-0.2, -0.15) is 0 Å². The summed E-state index contributed by atoms with van der Waals surface area (Å²) in [5.41, 5.74) is 3.99. The predicted octanol–water partition coefficient (Wildman–Crippen LogP) is 6.39. The summed E-state index contributed by atoms with van der Waals surface area (Å²) in [6, 6.07) is 5.73. The minimum absolute atomic E-state index is 0.105. The molecule has 1 aliphatic heterocycles. The van der Waals surface area contributed by atoms with Crippen molar-refractivity contribution >= 4 is 11.0 Å². The Labute approximate surface area is 167 Å². The Bertz CT molecular complexity index is 1020. The van der Waals surface area contributed by atoms with Gasteiger partial charge in [-0.3, -0.25) is 0 Å². The van der Waals surface area contributed by atoms with Crippen molar-refractivity contribution in [2.45, 2.75) is 65.4 Å². The first-order valence-corrected chi connectivity index (χ1v) is 9.93. The summed E-state index contributed by atoms with van der Waals surface area (Å²) in [5.74, 6) is 0.649. The number of rotatable bonds is 5. The molecule has 28 heavy (non-hydrogen) atoms. The van der Waals surface area contributed by atoms with Crippen molar-refractivity contribution < 1.29 is 9.15 Å². The molecule has 3 rings (SSSR count). The molecule has 0 N–H and O–H groups in total. The van der Waals surface area contributed by atoms with Crippen LogP contribution in [0.25, 0.3) is 11.0 Å². The first-order chi connectivity index (χ1) is 13.2. The average Bonchev–Trinajstić information content (AvgIpc) is 2.60. The zero-order chi connectivity index (χ0) is 20.5. The molecule has 0 unspecified atom stereocenters. The van der Waals surface area contributed by atoms with Crippen LogP contribution < -0.4 is 10.4 Å². The van der Waals surface area contributed by atoms with Crippen LogP contribution >= 0.6 is 0 Å². The van der Waals surface area contributed by atoms with Gasteiger partial charge in [0.1, 0.15) is 17.4 Å². The molecular weight excluding hydrogens is 348 g/mol. The number of benzene rings is 1. The van der Waals surface area contributed by atoms with Crippen molar-refractivity contribution in [2.24, 2.45) is 0 Å². The van der Waals surface area contributed by atoms with E-state index >= 15 is 0 Å². The van der Waals surface area contributed by atoms with E-state index in [1.807, 2.05) is 38.1 Å². The van der Waals surface area contributed by atoms with Crippen LogP contribution in [-0.4, -0.2) is 6.10 Å². The third kappa shape index (κ3) is 3.84. The maximum absolute atomic E-state index is 12.8. The second-order valence-electron chi connectivity index (χ2n) is 8.36.